The van der Waals surface area contributed by atoms with E-state index < -0.39 is 0 Å². The van der Waals surface area contributed by atoms with E-state index in [2.05, 4.69) is 6.08 Å². The Kier molecular flexibility index (Phi) is 4.21. The molecule has 2 rings (SSSR count). The van der Waals surface area contributed by atoms with Gasteiger partial charge in [0.2, 0.25) is 5.91 Å². The van der Waals surface area contributed by atoms with Crippen LogP contribution in [0.2, 0.25) is 0 Å². The Bertz CT molecular complexity index is 305. The minimum Gasteiger partial charge on any atom is -0.393 e. The maximum atomic E-state index is 12.0. The molecule has 1 N–H and O–H groups in total. The highest BCUT2D eigenvalue weighted by Gasteiger charge is 2.29. The van der Waals surface area contributed by atoms with Crippen molar-refractivity contribution < 1.29 is 9.90 Å². The molecule has 3 nitrogen and oxygen atoms in total. The molecule has 2 aliphatic rings. The van der Waals surface area contributed by atoms with Gasteiger partial charge in [-0.15, -0.1) is 0 Å². The smallest absolute Gasteiger partial charge is 0.226 e. The number of hydrogen-bond acceptors (Lipinski definition) is 2. The van der Waals surface area contributed by atoms with Crippen LogP contribution in [0, 0.1) is 5.92 Å². The van der Waals surface area contributed by atoms with Crippen molar-refractivity contribution in [3.63, 3.8) is 0 Å². The van der Waals surface area contributed by atoms with Gasteiger partial charge in [-0.2, -0.15) is 0 Å². The van der Waals surface area contributed by atoms with Crippen LogP contribution in [-0.4, -0.2) is 35.6 Å². The third-order valence-corrected chi connectivity index (χ3v) is 3.93. The van der Waals surface area contributed by atoms with Gasteiger partial charge in [-0.05, 0) is 44.4 Å². The molecule has 0 aliphatic heterocycles. The number of amides is 1. The quantitative estimate of drug-likeness (QED) is 0.761. The predicted octanol–water partition coefficient (Wildman–Crippen LogP) is 2.11. The number of nitrogens with zero attached hydrogens (tertiary/aromatic N) is 1. The van der Waals surface area contributed by atoms with Gasteiger partial charge in [0.1, 0.15) is 0 Å². The molecule has 0 bridgehead atoms. The molecule has 3 heteroatoms. The van der Waals surface area contributed by atoms with Crippen LogP contribution in [0.1, 0.15) is 44.9 Å². The lowest BCUT2D eigenvalue weighted by atomic mass is 9.82. The zero-order chi connectivity index (χ0) is 12.3. The van der Waals surface area contributed by atoms with Crippen LogP contribution >= 0.6 is 0 Å². The van der Waals surface area contributed by atoms with Gasteiger partial charge in [0.15, 0.2) is 0 Å². The first-order chi connectivity index (χ1) is 8.15. The molecular weight excluding hydrogens is 214 g/mol. The van der Waals surface area contributed by atoms with Crippen LogP contribution in [0.5, 0.6) is 0 Å². The summed E-state index contributed by atoms with van der Waals surface area (Å²) < 4.78 is 0. The van der Waals surface area contributed by atoms with Crippen LogP contribution in [0.15, 0.2) is 11.6 Å². The van der Waals surface area contributed by atoms with Crippen molar-refractivity contribution >= 4 is 5.91 Å². The lowest BCUT2D eigenvalue weighted by Gasteiger charge is -2.34. The van der Waals surface area contributed by atoms with E-state index in [1.54, 1.807) is 0 Å². The van der Waals surface area contributed by atoms with E-state index in [1.165, 1.54) is 18.4 Å². The van der Waals surface area contributed by atoms with Crippen molar-refractivity contribution in [2.75, 3.05) is 13.6 Å². The molecule has 0 atom stereocenters. The monoisotopic (exact) mass is 237 g/mol. The molecule has 0 aromatic heterocycles. The van der Waals surface area contributed by atoms with Gasteiger partial charge in [0.05, 0.1) is 6.10 Å². The van der Waals surface area contributed by atoms with E-state index >= 15 is 0 Å². The Morgan fingerprint density at radius 2 is 2.24 bits per heavy atom. The lowest BCUT2D eigenvalue weighted by Crippen LogP contribution is -2.39. The summed E-state index contributed by atoms with van der Waals surface area (Å²) in [6.45, 7) is 0.809. The highest BCUT2D eigenvalue weighted by Crippen LogP contribution is 2.28. The molecule has 1 saturated carbocycles. The van der Waals surface area contributed by atoms with Gasteiger partial charge >= 0.3 is 0 Å². The van der Waals surface area contributed by atoms with Crippen molar-refractivity contribution in [3.8, 4) is 0 Å². The van der Waals surface area contributed by atoms with E-state index in [4.69, 9.17) is 0 Å². The summed E-state index contributed by atoms with van der Waals surface area (Å²) in [5.41, 5.74) is 1.32. The Labute approximate surface area is 103 Å². The molecule has 1 fully saturated rings. The van der Waals surface area contributed by atoms with Gasteiger partial charge in [-0.1, -0.05) is 11.6 Å². The van der Waals surface area contributed by atoms with E-state index in [9.17, 15) is 9.90 Å². The van der Waals surface area contributed by atoms with Gasteiger partial charge in [-0.3, -0.25) is 4.79 Å². The zero-order valence-corrected chi connectivity index (χ0v) is 10.7. The van der Waals surface area contributed by atoms with E-state index in [0.29, 0.717) is 12.3 Å². The lowest BCUT2D eigenvalue weighted by molar-refractivity contribution is -0.130. The summed E-state index contributed by atoms with van der Waals surface area (Å²) in [4.78, 5) is 13.8. The minimum absolute atomic E-state index is 0.121. The van der Waals surface area contributed by atoms with Gasteiger partial charge in [0.25, 0.3) is 0 Å². The Morgan fingerprint density at radius 1 is 1.47 bits per heavy atom. The zero-order valence-electron chi connectivity index (χ0n) is 10.7. The largest absolute Gasteiger partial charge is 0.393 e. The number of carbonyl (C=O) groups excluding carboxylic acids is 1. The molecule has 2 aliphatic carbocycles. The average Bonchev–Trinajstić information content (AvgIpc) is 2.28. The van der Waals surface area contributed by atoms with Crippen molar-refractivity contribution in [1.29, 1.82) is 0 Å². The first-order valence-corrected chi connectivity index (χ1v) is 6.75. The number of aliphatic hydroxyl groups excluding tert-OH is 1. The molecule has 0 aromatic carbocycles. The molecule has 0 unspecified atom stereocenters. The molecule has 17 heavy (non-hydrogen) atoms. The molecule has 1 amide bonds. The summed E-state index contributed by atoms with van der Waals surface area (Å²) in [7, 11) is 1.89. The van der Waals surface area contributed by atoms with Crippen LogP contribution in [0.4, 0.5) is 0 Å². The number of rotatable bonds is 4. The molecule has 0 saturated heterocycles. The fraction of sp³-hybridized carbons (Fsp3) is 0.786. The van der Waals surface area contributed by atoms with Crippen LogP contribution in [0.3, 0.4) is 0 Å². The number of aliphatic hydroxyl groups is 1. The molecule has 0 spiro atoms. The van der Waals surface area contributed by atoms with E-state index in [0.717, 1.165) is 32.2 Å². The second-order valence-electron chi connectivity index (χ2n) is 5.55. The van der Waals surface area contributed by atoms with Crippen molar-refractivity contribution in [2.24, 2.45) is 5.92 Å². The van der Waals surface area contributed by atoms with Crippen molar-refractivity contribution in [2.45, 2.75) is 51.0 Å². The number of carbonyl (C=O) groups is 1. The fourth-order valence-electron chi connectivity index (χ4n) is 2.73. The molecule has 0 heterocycles. The summed E-state index contributed by atoms with van der Waals surface area (Å²) in [5.74, 6) is 0.749. The van der Waals surface area contributed by atoms with Crippen LogP contribution in [-0.2, 0) is 4.79 Å². The van der Waals surface area contributed by atoms with Crippen molar-refractivity contribution in [3.05, 3.63) is 11.6 Å². The average molecular weight is 237 g/mol. The first-order valence-electron chi connectivity index (χ1n) is 6.75. The molecule has 0 aromatic rings. The minimum atomic E-state index is -0.121. The standard InChI is InChI=1S/C14H23NO2/c1-15(10-12-7-13(16)8-12)14(17)9-11-5-3-2-4-6-11/h5,12-13,16H,2-4,6-10H2,1H3. The number of hydrogen-bond donors (Lipinski definition) is 1. The topological polar surface area (TPSA) is 40.5 Å². The maximum Gasteiger partial charge on any atom is 0.226 e. The Balaban J connectivity index is 1.73. The second kappa shape index (κ2) is 5.67. The highest BCUT2D eigenvalue weighted by molar-refractivity contribution is 5.78. The van der Waals surface area contributed by atoms with Gasteiger partial charge in [-0.25, -0.2) is 0 Å². The summed E-state index contributed by atoms with van der Waals surface area (Å²) in [6, 6.07) is 0. The molecular formula is C14H23NO2. The van der Waals surface area contributed by atoms with E-state index in [-0.39, 0.29) is 12.0 Å². The van der Waals surface area contributed by atoms with Crippen LogP contribution in [0.25, 0.3) is 0 Å². The van der Waals surface area contributed by atoms with E-state index in [1.807, 2.05) is 11.9 Å². The SMILES string of the molecule is CN(CC1CC(O)C1)C(=O)CC1=CCCCC1. The second-order valence-corrected chi connectivity index (χ2v) is 5.55. The third kappa shape index (κ3) is 3.56. The van der Waals surface area contributed by atoms with Gasteiger partial charge in [0, 0.05) is 20.0 Å². The molecule has 0 radical (unpaired) electrons. The maximum absolute atomic E-state index is 12.0. The number of allylic oxidation sites excluding steroid dienone is 1. The highest BCUT2D eigenvalue weighted by atomic mass is 16.3. The van der Waals surface area contributed by atoms with Crippen molar-refractivity contribution in [1.82, 2.24) is 4.90 Å². The third-order valence-electron chi connectivity index (χ3n) is 3.93. The first kappa shape index (κ1) is 12.6. The summed E-state index contributed by atoms with van der Waals surface area (Å²) in [6.07, 6.45) is 9.19. The predicted molar refractivity (Wildman–Crippen MR) is 67.5 cm³/mol. The summed E-state index contributed by atoms with van der Waals surface area (Å²) >= 11 is 0. The summed E-state index contributed by atoms with van der Waals surface area (Å²) in [5, 5.41) is 9.22. The van der Waals surface area contributed by atoms with Gasteiger partial charge < -0.3 is 10.0 Å². The normalized spacial score (nSPS) is 28.2. The Morgan fingerprint density at radius 3 is 2.82 bits per heavy atom. The van der Waals surface area contributed by atoms with Crippen LogP contribution < -0.4 is 0 Å². The Hall–Kier alpha value is -0.830. The molecule has 96 valence electrons. The fourth-order valence-corrected chi connectivity index (χ4v) is 2.73.